The van der Waals surface area contributed by atoms with Crippen LogP contribution in [-0.4, -0.2) is 155 Å². The van der Waals surface area contributed by atoms with E-state index in [0.29, 0.717) is 96.9 Å². The minimum atomic E-state index is -4.56. The molecule has 12 rings (SSSR count). The number of fused-ring (bicyclic) bond motifs is 2. The number of ether oxygens (including phenoxy) is 2. The Hall–Kier alpha value is -9.01. The fraction of sp³-hybridized carbons (Fsp3) is 0.493. The van der Waals surface area contributed by atoms with Crippen LogP contribution in [0.15, 0.2) is 97.2 Å². The van der Waals surface area contributed by atoms with Crippen LogP contribution in [0.5, 0.6) is 0 Å². The third-order valence-electron chi connectivity index (χ3n) is 20.9. The average Bonchev–Trinajstić information content (AvgIpc) is 0.895. The number of pyridine rings is 1. The molecule has 6 aliphatic rings. The third kappa shape index (κ3) is 18.5. The van der Waals surface area contributed by atoms with E-state index in [1.807, 2.05) is 72.8 Å². The molecule has 4 saturated carbocycles. The zero-order valence-corrected chi connectivity index (χ0v) is 60.7. The van der Waals surface area contributed by atoms with Crippen molar-refractivity contribution in [1.29, 1.82) is 0 Å². The van der Waals surface area contributed by atoms with E-state index in [1.54, 1.807) is 42.6 Å². The van der Waals surface area contributed by atoms with Crippen LogP contribution in [-0.2, 0) is 70.5 Å². The van der Waals surface area contributed by atoms with E-state index in [-0.39, 0.29) is 122 Å². The molecule has 3 aromatic carbocycles. The summed E-state index contributed by atoms with van der Waals surface area (Å²) in [5.41, 5.74) is 10.3. The number of aromatic carboxylic acids is 1. The van der Waals surface area contributed by atoms with Crippen molar-refractivity contribution in [2.24, 2.45) is 33.8 Å². The number of primary amides is 1. The maximum absolute atomic E-state index is 14.0. The Morgan fingerprint density at radius 1 is 0.825 bits per heavy atom. The average molecular weight is 1450 g/mol. The van der Waals surface area contributed by atoms with E-state index in [9.17, 15) is 62.6 Å². The zero-order valence-electron chi connectivity index (χ0n) is 59.0. The molecule has 5 heterocycles. The summed E-state index contributed by atoms with van der Waals surface area (Å²) < 4.78 is 28.0. The maximum Gasteiger partial charge on any atom is 0.410 e. The zero-order chi connectivity index (χ0) is 73.6. The summed E-state index contributed by atoms with van der Waals surface area (Å²) in [6.07, 6.45) is 10.6. The van der Waals surface area contributed by atoms with Gasteiger partial charge in [0.05, 0.1) is 40.8 Å². The van der Waals surface area contributed by atoms with Crippen molar-refractivity contribution in [3.05, 3.63) is 136 Å². The van der Waals surface area contributed by atoms with Gasteiger partial charge in [0, 0.05) is 106 Å². The molecule has 0 radical (unpaired) electrons. The number of unbranched alkanes of at least 4 members (excludes halogenated alkanes) is 2. The Labute approximate surface area is 602 Å². The van der Waals surface area contributed by atoms with Gasteiger partial charge in [-0.2, -0.15) is 5.10 Å². The highest BCUT2D eigenvalue weighted by atomic mass is 32.1. The molecule has 4 aliphatic carbocycles. The highest BCUT2D eigenvalue weighted by Gasteiger charge is 2.66. The number of imide groups is 1. The van der Waals surface area contributed by atoms with Crippen LogP contribution < -0.4 is 26.6 Å². The molecule has 4 fully saturated rings. The third-order valence-corrected chi connectivity index (χ3v) is 22.7. The van der Waals surface area contributed by atoms with Gasteiger partial charge in [-0.15, -0.1) is 0 Å². The van der Waals surface area contributed by atoms with E-state index in [4.69, 9.17) is 25.3 Å². The van der Waals surface area contributed by atoms with Gasteiger partial charge in [0.2, 0.25) is 5.91 Å². The molecular formula is C75H92N11O15PS. The first-order valence-corrected chi connectivity index (χ1v) is 38.0. The molecule has 103 heavy (non-hydrogen) atoms. The summed E-state index contributed by atoms with van der Waals surface area (Å²) in [5, 5.41) is 24.6. The molecule has 3 aromatic heterocycles. The lowest BCUT2D eigenvalue weighted by molar-refractivity contribution is -0.248. The molecule has 26 nitrogen and oxygen atoms in total. The van der Waals surface area contributed by atoms with Gasteiger partial charge in [-0.25, -0.2) is 24.4 Å². The van der Waals surface area contributed by atoms with E-state index in [2.05, 4.69) is 34.8 Å². The summed E-state index contributed by atoms with van der Waals surface area (Å²) in [6.45, 7) is 11.6. The maximum atomic E-state index is 14.0. The molecule has 4 atom stereocenters. The number of thiazole rings is 1. The van der Waals surface area contributed by atoms with E-state index in [0.717, 1.165) is 64.0 Å². The van der Waals surface area contributed by atoms with Gasteiger partial charge in [-0.3, -0.25) is 48.2 Å². The van der Waals surface area contributed by atoms with E-state index >= 15 is 0 Å². The standard InChI is InChI=1S/C75H92N11O15PS/c1-47(2)55(36-52(87)14-7-6-10-29-85-63(89)25-26-64(85)90)67(92)79-58(17-12-28-77-69(76)95)60(88)35-49-19-21-50(22-20-49)39-100-71(96)83(32-34-102(97,98)99)31-33-101-75-43-72(4)40-73(5,44-75)42-74(41-72,45-75)46-86-48(3)56(37-78-86)53-23-24-62(81-65(53)68(93)94)84-30-27-51-13-11-15-54(57(51)38-84)66(91)82-70-80-59-16-8-9-18-61(59)103-70/h8-9,11,13,15-16,18-26,37,47,55,58H,6-7,10,12,14,17,27-36,38-46H2,1-5H3,(H,79,92)(H,93,94)(H3,76,77,95)(H,80,82,91)(H2,97,98,99)/t55-,58-,72?,73?,74?,75?/m0/s1. The van der Waals surface area contributed by atoms with Gasteiger partial charge in [0.1, 0.15) is 18.2 Å². The second kappa shape index (κ2) is 31.5. The molecule has 6 aromatic rings. The van der Waals surface area contributed by atoms with Crippen LogP contribution in [0.4, 0.5) is 20.5 Å². The molecule has 548 valence electrons. The number of benzene rings is 3. The van der Waals surface area contributed by atoms with Gasteiger partial charge >= 0.3 is 25.7 Å². The number of aromatic nitrogens is 4. The van der Waals surface area contributed by atoms with Crippen molar-refractivity contribution in [3.8, 4) is 11.1 Å². The number of hydrogen-bond acceptors (Lipinski definition) is 17. The van der Waals surface area contributed by atoms with Crippen LogP contribution in [0.2, 0.25) is 0 Å². The number of nitrogens with two attached hydrogens (primary N) is 1. The Morgan fingerprint density at radius 2 is 1.55 bits per heavy atom. The van der Waals surface area contributed by atoms with Gasteiger partial charge < -0.3 is 50.5 Å². The summed E-state index contributed by atoms with van der Waals surface area (Å²) >= 11 is 1.40. The van der Waals surface area contributed by atoms with Gasteiger partial charge in [0.15, 0.2) is 16.6 Å². The molecule has 2 aliphatic heterocycles. The van der Waals surface area contributed by atoms with Crippen LogP contribution in [0, 0.1) is 35.0 Å². The molecular weight excluding hydrogens is 1360 g/mol. The number of para-hydroxylation sites is 1. The number of nitrogens with zero attached hydrogens (tertiary/aromatic N) is 7. The number of anilines is 2. The molecule has 2 unspecified atom stereocenters. The molecule has 7 amide bonds. The van der Waals surface area contributed by atoms with Crippen LogP contribution in [0.3, 0.4) is 0 Å². The minimum Gasteiger partial charge on any atom is -0.476 e. The summed E-state index contributed by atoms with van der Waals surface area (Å²) in [5.74, 6) is -3.60. The normalized spacial score (nSPS) is 21.0. The van der Waals surface area contributed by atoms with Crippen molar-refractivity contribution in [2.75, 3.05) is 55.7 Å². The summed E-state index contributed by atoms with van der Waals surface area (Å²) in [7, 11) is -4.56. The molecule has 8 N–H and O–H groups in total. The Balaban J connectivity index is 0.697. The highest BCUT2D eigenvalue weighted by Crippen LogP contribution is 2.72. The highest BCUT2D eigenvalue weighted by molar-refractivity contribution is 7.51. The Morgan fingerprint density at radius 3 is 2.25 bits per heavy atom. The lowest BCUT2D eigenvalue weighted by Crippen LogP contribution is -2.64. The number of hydrogen-bond donors (Lipinski definition) is 7. The second-order valence-corrected chi connectivity index (χ2v) is 32.7. The number of urea groups is 1. The van der Waals surface area contributed by atoms with Crippen molar-refractivity contribution >= 4 is 93.4 Å². The van der Waals surface area contributed by atoms with Gasteiger partial charge in [0.25, 0.3) is 17.7 Å². The van der Waals surface area contributed by atoms with Gasteiger partial charge in [-0.05, 0) is 152 Å². The second-order valence-electron chi connectivity index (χ2n) is 29.9. The smallest absolute Gasteiger partial charge is 0.410 e. The van der Waals surface area contributed by atoms with E-state index < -0.39 is 55.3 Å². The van der Waals surface area contributed by atoms with Crippen LogP contribution in [0.25, 0.3) is 21.3 Å². The van der Waals surface area contributed by atoms with Crippen LogP contribution >= 0.6 is 18.9 Å². The number of carboxylic acids is 1. The number of carbonyl (C=O) groups is 9. The largest absolute Gasteiger partial charge is 0.476 e. The summed E-state index contributed by atoms with van der Waals surface area (Å²) in [4.78, 5) is 151. The van der Waals surface area contributed by atoms with Crippen molar-refractivity contribution < 1.29 is 72.1 Å². The monoisotopic (exact) mass is 1450 g/mol. The van der Waals surface area contributed by atoms with Crippen LogP contribution in [0.1, 0.15) is 160 Å². The lowest BCUT2D eigenvalue weighted by atomic mass is 9.39. The first-order chi connectivity index (χ1) is 49.0. The topological polar surface area (TPSA) is 365 Å². The number of carboxylic acid groups (broad SMARTS) is 1. The predicted molar refractivity (Wildman–Crippen MR) is 386 cm³/mol. The quantitative estimate of drug-likeness (QED) is 0.0112. The van der Waals surface area contributed by atoms with E-state index in [1.165, 1.54) is 28.4 Å². The minimum absolute atomic E-state index is 0.0188. The fourth-order valence-corrected chi connectivity index (χ4v) is 18.5. The lowest BCUT2D eigenvalue weighted by Gasteiger charge is -2.69. The molecule has 0 saturated heterocycles. The SMILES string of the molecule is Cc1c(-c2ccc(N3CCc4cccc(C(=O)Nc5nc6ccccc6s5)c4C3)nc2C(=O)O)cnn1CC12CC3(C)CC(C)(C1)CC(OCCN(CCP(=O)(O)O)C(=O)OCc1ccc(CC(=O)[C@H](CCCNC(N)=O)NC(=O)[C@@H](CC(=O)CCCCCN4C(=O)C=CC4=O)C(C)C)cc1)(C3)C2. The van der Waals surface area contributed by atoms with Crippen molar-refractivity contribution in [1.82, 2.24) is 40.2 Å². The predicted octanol–water partition coefficient (Wildman–Crippen LogP) is 10.1. The Bertz CT molecular complexity index is 4250. The first-order valence-electron chi connectivity index (χ1n) is 35.4. The Kier molecular flexibility index (Phi) is 23.0. The van der Waals surface area contributed by atoms with Crippen molar-refractivity contribution in [3.63, 3.8) is 0 Å². The molecule has 4 bridgehead atoms. The number of Topliss-reactive ketones (excluding diaryl/α,β-unsaturated/α-hetero) is 2. The molecule has 28 heteroatoms. The van der Waals surface area contributed by atoms with Crippen molar-refractivity contribution in [2.45, 2.75) is 162 Å². The number of rotatable bonds is 34. The first kappa shape index (κ1) is 75.2. The number of amides is 7. The summed E-state index contributed by atoms with van der Waals surface area (Å²) in [6, 6.07) is 22.0. The molecule has 0 spiro atoms. The number of ketones is 2. The van der Waals surface area contributed by atoms with Gasteiger partial charge in [-0.1, -0.05) is 94.0 Å². The number of carbonyl (C=O) groups excluding carboxylic acids is 8. The number of nitrogens with one attached hydrogen (secondary N) is 3. The fourth-order valence-electron chi connectivity index (χ4n) is 17.2.